The highest BCUT2D eigenvalue weighted by Crippen LogP contribution is 2.41. The fraction of sp³-hybridized carbons (Fsp3) is 0.667. The van der Waals surface area contributed by atoms with E-state index in [4.69, 9.17) is 4.74 Å². The first kappa shape index (κ1) is 19.2. The minimum atomic E-state index is -0.0473. The molecule has 0 aliphatic carbocycles. The predicted molar refractivity (Wildman–Crippen MR) is 103 cm³/mol. The van der Waals surface area contributed by atoms with Crippen LogP contribution in [0.2, 0.25) is 0 Å². The Kier molecular flexibility index (Phi) is 5.58. The number of aliphatic hydroxyl groups is 1. The Bertz CT molecular complexity index is 675. The number of aryl methyl sites for hydroxylation is 2. The van der Waals surface area contributed by atoms with Crippen LogP contribution in [0.5, 0.6) is 5.75 Å². The molecular formula is C21H32N2O3. The Balaban J connectivity index is 1.66. The van der Waals surface area contributed by atoms with Crippen LogP contribution in [-0.4, -0.2) is 66.8 Å². The normalized spacial score (nSPS) is 26.5. The SMILES string of the molecule is Cc1ccc(C)c(OCC(=O)N2CC[C@@]3(CO)CCCN(C)[C@@H]3C2)c1C. The summed E-state index contributed by atoms with van der Waals surface area (Å²) in [6, 6.07) is 4.36. The van der Waals surface area contributed by atoms with Crippen molar-refractivity contribution in [2.75, 3.05) is 39.9 Å². The number of hydrogen-bond donors (Lipinski definition) is 1. The molecule has 144 valence electrons. The van der Waals surface area contributed by atoms with Gasteiger partial charge in [-0.3, -0.25) is 4.79 Å². The van der Waals surface area contributed by atoms with E-state index in [2.05, 4.69) is 24.9 Å². The van der Waals surface area contributed by atoms with Crippen LogP contribution in [0.3, 0.4) is 0 Å². The molecule has 5 heteroatoms. The van der Waals surface area contributed by atoms with Crippen LogP contribution in [0.15, 0.2) is 12.1 Å². The Morgan fingerprint density at radius 2 is 1.96 bits per heavy atom. The minimum absolute atomic E-state index is 0.0378. The lowest BCUT2D eigenvalue weighted by molar-refractivity contribution is -0.141. The number of ether oxygens (including phenoxy) is 1. The number of amides is 1. The summed E-state index contributed by atoms with van der Waals surface area (Å²) in [7, 11) is 2.11. The summed E-state index contributed by atoms with van der Waals surface area (Å²) in [6.45, 7) is 8.82. The van der Waals surface area contributed by atoms with Gasteiger partial charge in [-0.1, -0.05) is 12.1 Å². The number of likely N-dealkylation sites (N-methyl/N-ethyl adjacent to an activating group) is 1. The number of rotatable bonds is 4. The van der Waals surface area contributed by atoms with Crippen LogP contribution in [0, 0.1) is 26.2 Å². The van der Waals surface area contributed by atoms with Gasteiger partial charge in [0.2, 0.25) is 0 Å². The van der Waals surface area contributed by atoms with Crippen LogP contribution in [0.25, 0.3) is 0 Å². The van der Waals surface area contributed by atoms with E-state index in [0.29, 0.717) is 13.1 Å². The van der Waals surface area contributed by atoms with E-state index >= 15 is 0 Å². The molecule has 26 heavy (non-hydrogen) atoms. The van der Waals surface area contributed by atoms with Gasteiger partial charge in [0.15, 0.2) is 6.61 Å². The number of likely N-dealkylation sites (tertiary alicyclic amines) is 2. The van der Waals surface area contributed by atoms with Crippen LogP contribution in [-0.2, 0) is 4.79 Å². The van der Waals surface area contributed by atoms with Crippen molar-refractivity contribution in [3.63, 3.8) is 0 Å². The molecule has 0 unspecified atom stereocenters. The summed E-state index contributed by atoms with van der Waals surface area (Å²) in [4.78, 5) is 17.0. The molecule has 1 aromatic carbocycles. The number of piperidine rings is 2. The molecule has 0 bridgehead atoms. The predicted octanol–water partition coefficient (Wildman–Crippen LogP) is 2.30. The molecule has 2 aliphatic rings. The average Bonchev–Trinajstić information content (AvgIpc) is 2.64. The van der Waals surface area contributed by atoms with E-state index < -0.39 is 0 Å². The van der Waals surface area contributed by atoms with E-state index in [-0.39, 0.29) is 30.6 Å². The first-order chi connectivity index (χ1) is 12.4. The van der Waals surface area contributed by atoms with Gasteiger partial charge in [0.25, 0.3) is 5.91 Å². The van der Waals surface area contributed by atoms with E-state index in [9.17, 15) is 9.90 Å². The number of benzene rings is 1. The number of hydrogen-bond acceptors (Lipinski definition) is 4. The quantitative estimate of drug-likeness (QED) is 0.895. The molecule has 0 aromatic heterocycles. The Labute approximate surface area is 156 Å². The number of aliphatic hydroxyl groups excluding tert-OH is 1. The smallest absolute Gasteiger partial charge is 0.260 e. The van der Waals surface area contributed by atoms with E-state index in [0.717, 1.165) is 42.7 Å². The lowest BCUT2D eigenvalue weighted by Gasteiger charge is -2.53. The Hall–Kier alpha value is -1.59. The largest absolute Gasteiger partial charge is 0.483 e. The summed E-state index contributed by atoms with van der Waals surface area (Å²) >= 11 is 0. The molecule has 1 aromatic rings. The molecule has 2 fully saturated rings. The molecule has 0 spiro atoms. The van der Waals surface area contributed by atoms with Gasteiger partial charge < -0.3 is 19.6 Å². The molecular weight excluding hydrogens is 328 g/mol. The van der Waals surface area contributed by atoms with Crippen LogP contribution in [0.1, 0.15) is 36.0 Å². The standard InChI is InChI=1S/C21H32N2O3/c1-15-6-7-16(2)20(17(15)3)26-13-19(25)23-11-9-21(14-24)8-5-10-22(4)18(21)12-23/h6-7,18,24H,5,8-14H2,1-4H3/t18-,21-/m1/s1. The number of carbonyl (C=O) groups is 1. The molecule has 2 heterocycles. The maximum Gasteiger partial charge on any atom is 0.260 e. The zero-order chi connectivity index (χ0) is 18.9. The lowest BCUT2D eigenvalue weighted by Crippen LogP contribution is -2.62. The van der Waals surface area contributed by atoms with Crippen molar-refractivity contribution in [1.82, 2.24) is 9.80 Å². The van der Waals surface area contributed by atoms with Crippen LogP contribution < -0.4 is 4.74 Å². The zero-order valence-electron chi connectivity index (χ0n) is 16.5. The highest BCUT2D eigenvalue weighted by atomic mass is 16.5. The van der Waals surface area contributed by atoms with E-state index in [1.165, 1.54) is 5.56 Å². The number of fused-ring (bicyclic) bond motifs is 1. The number of carbonyl (C=O) groups excluding carboxylic acids is 1. The number of nitrogens with zero attached hydrogens (tertiary/aromatic N) is 2. The van der Waals surface area contributed by atoms with Crippen molar-refractivity contribution in [2.45, 2.75) is 46.1 Å². The Morgan fingerprint density at radius 3 is 2.69 bits per heavy atom. The van der Waals surface area contributed by atoms with Gasteiger partial charge in [-0.25, -0.2) is 0 Å². The molecule has 5 nitrogen and oxygen atoms in total. The third-order valence-electron chi connectivity index (χ3n) is 6.58. The van der Waals surface area contributed by atoms with Gasteiger partial charge in [-0.15, -0.1) is 0 Å². The van der Waals surface area contributed by atoms with Crippen molar-refractivity contribution < 1.29 is 14.6 Å². The van der Waals surface area contributed by atoms with Gasteiger partial charge >= 0.3 is 0 Å². The van der Waals surface area contributed by atoms with Crippen molar-refractivity contribution in [2.24, 2.45) is 5.41 Å². The van der Waals surface area contributed by atoms with Gasteiger partial charge in [0.05, 0.1) is 6.61 Å². The molecule has 0 saturated carbocycles. The second-order valence-electron chi connectivity index (χ2n) is 8.15. The molecule has 2 atom stereocenters. The van der Waals surface area contributed by atoms with Crippen molar-refractivity contribution in [3.05, 3.63) is 28.8 Å². The first-order valence-electron chi connectivity index (χ1n) is 9.66. The van der Waals surface area contributed by atoms with Gasteiger partial charge in [0, 0.05) is 24.5 Å². The fourth-order valence-corrected chi connectivity index (χ4v) is 4.62. The third-order valence-corrected chi connectivity index (χ3v) is 6.58. The summed E-state index contributed by atoms with van der Waals surface area (Å²) in [6.07, 6.45) is 3.04. The van der Waals surface area contributed by atoms with Gasteiger partial charge in [0.1, 0.15) is 5.75 Å². The van der Waals surface area contributed by atoms with Crippen molar-refractivity contribution in [3.8, 4) is 5.75 Å². The molecule has 1 amide bonds. The highest BCUT2D eigenvalue weighted by molar-refractivity contribution is 5.78. The van der Waals surface area contributed by atoms with Crippen molar-refractivity contribution in [1.29, 1.82) is 0 Å². The average molecular weight is 360 g/mol. The molecule has 3 rings (SSSR count). The molecule has 1 N–H and O–H groups in total. The maximum atomic E-state index is 12.8. The minimum Gasteiger partial charge on any atom is -0.483 e. The summed E-state index contributed by atoms with van der Waals surface area (Å²) in [5, 5.41) is 10.0. The Morgan fingerprint density at radius 1 is 1.23 bits per heavy atom. The van der Waals surface area contributed by atoms with E-state index in [1.54, 1.807) is 0 Å². The second-order valence-corrected chi connectivity index (χ2v) is 8.15. The maximum absolute atomic E-state index is 12.8. The van der Waals surface area contributed by atoms with Crippen LogP contribution in [0.4, 0.5) is 0 Å². The molecule has 2 aliphatic heterocycles. The van der Waals surface area contributed by atoms with Gasteiger partial charge in [-0.2, -0.15) is 0 Å². The summed E-state index contributed by atoms with van der Waals surface area (Å²) in [5.74, 6) is 0.866. The van der Waals surface area contributed by atoms with Crippen molar-refractivity contribution >= 4 is 5.91 Å². The first-order valence-corrected chi connectivity index (χ1v) is 9.66. The summed E-state index contributed by atoms with van der Waals surface area (Å²) in [5.41, 5.74) is 3.29. The topological polar surface area (TPSA) is 53.0 Å². The monoisotopic (exact) mass is 360 g/mol. The highest BCUT2D eigenvalue weighted by Gasteiger charge is 2.47. The van der Waals surface area contributed by atoms with Crippen LogP contribution >= 0.6 is 0 Å². The van der Waals surface area contributed by atoms with E-state index in [1.807, 2.05) is 24.8 Å². The summed E-state index contributed by atoms with van der Waals surface area (Å²) < 4.78 is 5.92. The molecule has 2 saturated heterocycles. The third kappa shape index (κ3) is 3.47. The fourth-order valence-electron chi connectivity index (χ4n) is 4.62. The molecule has 0 radical (unpaired) electrons. The second kappa shape index (κ2) is 7.57. The lowest BCUT2D eigenvalue weighted by atomic mass is 9.69. The van der Waals surface area contributed by atoms with Gasteiger partial charge in [-0.05, 0) is 70.3 Å². The zero-order valence-corrected chi connectivity index (χ0v) is 16.5.